The fourth-order valence-corrected chi connectivity index (χ4v) is 2.17. The number of nitrogens with zero attached hydrogens (tertiary/aromatic N) is 1. The van der Waals surface area contributed by atoms with Gasteiger partial charge in [-0.3, -0.25) is 4.79 Å². The summed E-state index contributed by atoms with van der Waals surface area (Å²) in [6, 6.07) is 2.81. The quantitative estimate of drug-likeness (QED) is 0.860. The van der Waals surface area contributed by atoms with E-state index < -0.39 is 6.86 Å². The zero-order chi connectivity index (χ0) is 13.1. The summed E-state index contributed by atoms with van der Waals surface area (Å²) in [7, 11) is 0. The van der Waals surface area contributed by atoms with Crippen molar-refractivity contribution in [1.82, 2.24) is 4.90 Å². The number of carbonyl (C=O) groups is 1. The number of alkyl halides is 1. The molecule has 2 rings (SSSR count). The van der Waals surface area contributed by atoms with Gasteiger partial charge in [-0.25, -0.2) is 4.39 Å². The minimum absolute atomic E-state index is 0.135. The third-order valence-electron chi connectivity index (χ3n) is 2.93. The maximum Gasteiger partial charge on any atom is 0.257 e. The first kappa shape index (κ1) is 13.0. The van der Waals surface area contributed by atoms with Gasteiger partial charge in [0.2, 0.25) is 6.86 Å². The van der Waals surface area contributed by atoms with Crippen molar-refractivity contribution in [3.63, 3.8) is 0 Å². The molecule has 1 aromatic rings. The molecule has 4 nitrogen and oxygen atoms in total. The second-order valence-electron chi connectivity index (χ2n) is 4.12. The van der Waals surface area contributed by atoms with Gasteiger partial charge in [0.05, 0.1) is 16.3 Å². The van der Waals surface area contributed by atoms with Crippen molar-refractivity contribution >= 4 is 23.2 Å². The summed E-state index contributed by atoms with van der Waals surface area (Å²) in [6.07, 6.45) is 1.96. The molecule has 0 saturated carbocycles. The molecular formula is C12H14ClFN2O2. The second-order valence-corrected chi connectivity index (χ2v) is 4.53. The van der Waals surface area contributed by atoms with Crippen LogP contribution in [0.3, 0.4) is 0 Å². The topological polar surface area (TPSA) is 55.6 Å². The second kappa shape index (κ2) is 5.44. The monoisotopic (exact) mass is 272 g/mol. The van der Waals surface area contributed by atoms with E-state index in [9.17, 15) is 9.18 Å². The number of halogens is 2. The Hall–Kier alpha value is -1.49. The molecule has 0 bridgehead atoms. The molecule has 1 aromatic carbocycles. The number of carbonyl (C=O) groups excluding carboxylic acids is 1. The number of nitrogen functional groups attached to an aromatic ring is 1. The van der Waals surface area contributed by atoms with Crippen LogP contribution in [0.4, 0.5) is 10.1 Å². The van der Waals surface area contributed by atoms with E-state index >= 15 is 0 Å². The van der Waals surface area contributed by atoms with Gasteiger partial charge in [0, 0.05) is 19.2 Å². The summed E-state index contributed by atoms with van der Waals surface area (Å²) in [4.78, 5) is 13.9. The summed E-state index contributed by atoms with van der Waals surface area (Å²) in [5, 5.41) is 0.267. The summed E-state index contributed by atoms with van der Waals surface area (Å²) >= 11 is 5.89. The third kappa shape index (κ3) is 2.51. The first-order valence-corrected chi connectivity index (χ1v) is 6.08. The Morgan fingerprint density at radius 1 is 1.44 bits per heavy atom. The van der Waals surface area contributed by atoms with Gasteiger partial charge in [-0.2, -0.15) is 0 Å². The molecule has 1 aliphatic rings. The van der Waals surface area contributed by atoms with E-state index in [-0.39, 0.29) is 27.9 Å². The molecule has 1 aliphatic heterocycles. The number of anilines is 1. The fourth-order valence-electron chi connectivity index (χ4n) is 2.01. The van der Waals surface area contributed by atoms with E-state index in [1.165, 1.54) is 12.1 Å². The zero-order valence-corrected chi connectivity index (χ0v) is 10.5. The third-order valence-corrected chi connectivity index (χ3v) is 3.26. The maximum atomic E-state index is 12.3. The number of hydrogen-bond acceptors (Lipinski definition) is 3. The van der Waals surface area contributed by atoms with Crippen LogP contribution in [0.5, 0.6) is 5.75 Å². The van der Waals surface area contributed by atoms with Crippen molar-refractivity contribution in [2.24, 2.45) is 0 Å². The van der Waals surface area contributed by atoms with Crippen molar-refractivity contribution in [3.05, 3.63) is 22.7 Å². The fraction of sp³-hybridized carbons (Fsp3) is 0.417. The number of hydrogen-bond donors (Lipinski definition) is 1. The minimum atomic E-state index is -1.01. The molecule has 0 atom stereocenters. The standard InChI is InChI=1S/C12H14ClFN2O2/c13-9-5-8(11(18-7-14)6-10(9)15)12(17)16-3-1-2-4-16/h5-6H,1-4,7,15H2. The lowest BCUT2D eigenvalue weighted by atomic mass is 10.1. The molecular weight excluding hydrogens is 259 g/mol. The maximum absolute atomic E-state index is 12.3. The predicted octanol–water partition coefficient (Wildman–Crippen LogP) is 2.46. The average Bonchev–Trinajstić information content (AvgIpc) is 2.86. The molecule has 1 saturated heterocycles. The number of ether oxygens (including phenoxy) is 1. The van der Waals surface area contributed by atoms with Gasteiger partial charge in [-0.05, 0) is 18.9 Å². The molecule has 0 radical (unpaired) electrons. The van der Waals surface area contributed by atoms with Crippen LogP contribution in [-0.4, -0.2) is 30.8 Å². The van der Waals surface area contributed by atoms with Crippen molar-refractivity contribution in [1.29, 1.82) is 0 Å². The van der Waals surface area contributed by atoms with E-state index in [1.807, 2.05) is 0 Å². The van der Waals surface area contributed by atoms with E-state index in [0.29, 0.717) is 13.1 Å². The molecule has 98 valence electrons. The molecule has 1 fully saturated rings. The Morgan fingerprint density at radius 3 is 2.72 bits per heavy atom. The highest BCUT2D eigenvalue weighted by molar-refractivity contribution is 6.33. The van der Waals surface area contributed by atoms with Crippen LogP contribution in [0, 0.1) is 0 Å². The van der Waals surface area contributed by atoms with Gasteiger partial charge in [0.1, 0.15) is 5.75 Å². The number of likely N-dealkylation sites (tertiary alicyclic amines) is 1. The average molecular weight is 273 g/mol. The van der Waals surface area contributed by atoms with Crippen LogP contribution in [0.15, 0.2) is 12.1 Å². The number of nitrogens with two attached hydrogens (primary N) is 1. The highest BCUT2D eigenvalue weighted by atomic mass is 35.5. The normalized spacial score (nSPS) is 14.9. The van der Waals surface area contributed by atoms with E-state index in [4.69, 9.17) is 22.1 Å². The van der Waals surface area contributed by atoms with Gasteiger partial charge < -0.3 is 15.4 Å². The van der Waals surface area contributed by atoms with Gasteiger partial charge in [-0.15, -0.1) is 0 Å². The minimum Gasteiger partial charge on any atom is -0.462 e. The highest BCUT2D eigenvalue weighted by Gasteiger charge is 2.23. The highest BCUT2D eigenvalue weighted by Crippen LogP contribution is 2.30. The molecule has 1 heterocycles. The molecule has 2 N–H and O–H groups in total. The Balaban J connectivity index is 2.34. The molecule has 18 heavy (non-hydrogen) atoms. The predicted molar refractivity (Wildman–Crippen MR) is 67.6 cm³/mol. The molecule has 0 aromatic heterocycles. The van der Waals surface area contributed by atoms with Crippen LogP contribution in [0.25, 0.3) is 0 Å². The van der Waals surface area contributed by atoms with Crippen molar-refractivity contribution in [2.45, 2.75) is 12.8 Å². The molecule has 1 amide bonds. The smallest absolute Gasteiger partial charge is 0.257 e. The van der Waals surface area contributed by atoms with Gasteiger partial charge in [0.25, 0.3) is 5.91 Å². The largest absolute Gasteiger partial charge is 0.462 e. The lowest BCUT2D eigenvalue weighted by Gasteiger charge is -2.18. The van der Waals surface area contributed by atoms with E-state index in [1.54, 1.807) is 4.90 Å². The van der Waals surface area contributed by atoms with Crippen LogP contribution >= 0.6 is 11.6 Å². The molecule has 0 aliphatic carbocycles. The lowest BCUT2D eigenvalue weighted by molar-refractivity contribution is 0.0785. The van der Waals surface area contributed by atoms with Gasteiger partial charge in [0.15, 0.2) is 0 Å². The summed E-state index contributed by atoms with van der Waals surface area (Å²) in [5.41, 5.74) is 6.13. The first-order chi connectivity index (χ1) is 8.63. The Labute approximate surface area is 109 Å². The lowest BCUT2D eigenvalue weighted by Crippen LogP contribution is -2.28. The van der Waals surface area contributed by atoms with E-state index in [2.05, 4.69) is 0 Å². The SMILES string of the molecule is Nc1cc(OCF)c(C(=O)N2CCCC2)cc1Cl. The molecule has 6 heteroatoms. The summed E-state index contributed by atoms with van der Waals surface area (Å²) in [6.45, 7) is 0.396. The van der Waals surface area contributed by atoms with Gasteiger partial charge >= 0.3 is 0 Å². The zero-order valence-electron chi connectivity index (χ0n) is 9.79. The molecule has 0 unspecified atom stereocenters. The van der Waals surface area contributed by atoms with Crippen LogP contribution in [0.1, 0.15) is 23.2 Å². The summed E-state index contributed by atoms with van der Waals surface area (Å²) < 4.78 is 17.1. The number of rotatable bonds is 3. The Kier molecular flexibility index (Phi) is 3.91. The summed E-state index contributed by atoms with van der Waals surface area (Å²) in [5.74, 6) is -0.0610. The first-order valence-electron chi connectivity index (χ1n) is 5.70. The Bertz CT molecular complexity index is 462. The van der Waals surface area contributed by atoms with Crippen molar-refractivity contribution < 1.29 is 13.9 Å². The number of amides is 1. The Morgan fingerprint density at radius 2 is 2.11 bits per heavy atom. The van der Waals surface area contributed by atoms with E-state index in [0.717, 1.165) is 12.8 Å². The van der Waals surface area contributed by atoms with Gasteiger partial charge in [-0.1, -0.05) is 11.6 Å². The van der Waals surface area contributed by atoms with Crippen LogP contribution in [-0.2, 0) is 0 Å². The number of benzene rings is 1. The van der Waals surface area contributed by atoms with Crippen LogP contribution < -0.4 is 10.5 Å². The van der Waals surface area contributed by atoms with Crippen LogP contribution in [0.2, 0.25) is 5.02 Å². The van der Waals surface area contributed by atoms with Crippen molar-refractivity contribution in [3.8, 4) is 5.75 Å². The van der Waals surface area contributed by atoms with Crippen molar-refractivity contribution in [2.75, 3.05) is 25.7 Å². The molecule has 0 spiro atoms.